The molecule has 0 spiro atoms. The van der Waals surface area contributed by atoms with Gasteiger partial charge >= 0.3 is 6.03 Å². The highest BCUT2D eigenvalue weighted by Gasteiger charge is 2.28. The van der Waals surface area contributed by atoms with Crippen molar-refractivity contribution in [1.82, 2.24) is 15.5 Å². The number of carbonyl (C=O) groups excluding carboxylic acids is 2. The molecule has 3 heterocycles. The van der Waals surface area contributed by atoms with Crippen molar-refractivity contribution in [2.24, 2.45) is 0 Å². The molecule has 0 radical (unpaired) electrons. The van der Waals surface area contributed by atoms with E-state index >= 15 is 0 Å². The third-order valence-corrected chi connectivity index (χ3v) is 6.81. The first kappa shape index (κ1) is 20.8. The molecule has 1 aromatic rings. The number of hydrogen-bond acceptors (Lipinski definition) is 4. The normalized spacial score (nSPS) is 26.6. The van der Waals surface area contributed by atoms with Gasteiger partial charge in [-0.15, -0.1) is 0 Å². The van der Waals surface area contributed by atoms with E-state index < -0.39 is 0 Å². The van der Waals surface area contributed by atoms with Crippen molar-refractivity contribution < 1.29 is 14.3 Å². The van der Waals surface area contributed by atoms with E-state index in [0.717, 1.165) is 55.4 Å². The zero-order valence-electron chi connectivity index (χ0n) is 18.2. The van der Waals surface area contributed by atoms with Crippen LogP contribution in [0.3, 0.4) is 0 Å². The lowest BCUT2D eigenvalue weighted by Gasteiger charge is -2.30. The molecule has 1 aromatic carbocycles. The molecule has 0 bridgehead atoms. The molecule has 7 nitrogen and oxygen atoms in total. The SMILES string of the molecule is O=C(NC1CCC(c2ccc(NC(=O)N3C=C4C=CNC=C4C3)cc2)CC1)[C@@H]1CCCO1. The first-order chi connectivity index (χ1) is 15.7. The summed E-state index contributed by atoms with van der Waals surface area (Å²) in [4.78, 5) is 26.6. The summed E-state index contributed by atoms with van der Waals surface area (Å²) in [6.07, 6.45) is 13.3. The number of nitrogens with one attached hydrogen (secondary N) is 3. The molecule has 7 heteroatoms. The third-order valence-electron chi connectivity index (χ3n) is 6.81. The fraction of sp³-hybridized carbons (Fsp3) is 0.440. The molecule has 5 rings (SSSR count). The van der Waals surface area contributed by atoms with Gasteiger partial charge in [0.1, 0.15) is 6.10 Å². The lowest BCUT2D eigenvalue weighted by atomic mass is 9.81. The van der Waals surface area contributed by atoms with Crippen molar-refractivity contribution in [3.63, 3.8) is 0 Å². The predicted octanol–water partition coefficient (Wildman–Crippen LogP) is 3.74. The standard InChI is InChI=1S/C25H30N4O3/c30-24(23-2-1-13-32-23)27-21-7-3-17(4-8-21)18-5-9-22(10-6-18)28-25(31)29-15-19-11-12-26-14-20(19)16-29/h5-6,9-12,14-15,17,21,23,26H,1-4,7-8,13,16H2,(H,27,30)(H,28,31)/t17?,21?,23-/m0/s1. The number of ether oxygens (including phenoxy) is 1. The molecule has 3 N–H and O–H groups in total. The van der Waals surface area contributed by atoms with Gasteiger partial charge in [0.25, 0.3) is 0 Å². The lowest BCUT2D eigenvalue weighted by molar-refractivity contribution is -0.131. The summed E-state index contributed by atoms with van der Waals surface area (Å²) in [5.41, 5.74) is 4.27. The van der Waals surface area contributed by atoms with Gasteiger partial charge in [0.15, 0.2) is 0 Å². The van der Waals surface area contributed by atoms with Crippen LogP contribution in [0.4, 0.5) is 10.5 Å². The van der Waals surface area contributed by atoms with Crippen LogP contribution >= 0.6 is 0 Å². The van der Waals surface area contributed by atoms with Crippen LogP contribution in [0.5, 0.6) is 0 Å². The Hall–Kier alpha value is -3.06. The zero-order valence-corrected chi connectivity index (χ0v) is 18.2. The Morgan fingerprint density at radius 1 is 1.06 bits per heavy atom. The number of rotatable bonds is 4. The maximum Gasteiger partial charge on any atom is 0.326 e. The molecule has 3 aliphatic heterocycles. The number of nitrogens with zero attached hydrogens (tertiary/aromatic N) is 1. The molecular formula is C25H30N4O3. The van der Waals surface area contributed by atoms with Gasteiger partial charge in [-0.25, -0.2) is 4.79 Å². The quantitative estimate of drug-likeness (QED) is 0.674. The number of anilines is 1. The summed E-state index contributed by atoms with van der Waals surface area (Å²) < 4.78 is 5.49. The topological polar surface area (TPSA) is 82.7 Å². The monoisotopic (exact) mass is 434 g/mol. The second-order valence-corrected chi connectivity index (χ2v) is 8.99. The summed E-state index contributed by atoms with van der Waals surface area (Å²) in [5.74, 6) is 0.552. The minimum absolute atomic E-state index is 0.0579. The van der Waals surface area contributed by atoms with Crippen LogP contribution in [0.1, 0.15) is 50.0 Å². The number of carbonyl (C=O) groups is 2. The average Bonchev–Trinajstić information content (AvgIpc) is 3.50. The summed E-state index contributed by atoms with van der Waals surface area (Å²) in [6, 6.07) is 8.31. The molecule has 4 aliphatic rings. The maximum absolute atomic E-state index is 12.6. The Balaban J connectivity index is 1.10. The van der Waals surface area contributed by atoms with E-state index in [-0.39, 0.29) is 24.1 Å². The molecule has 2 fully saturated rings. The molecule has 0 unspecified atom stereocenters. The number of fused-ring (bicyclic) bond motifs is 1. The van der Waals surface area contributed by atoms with Gasteiger partial charge in [0.2, 0.25) is 5.91 Å². The summed E-state index contributed by atoms with van der Waals surface area (Å²) in [5, 5.41) is 9.23. The highest BCUT2D eigenvalue weighted by molar-refractivity contribution is 5.91. The van der Waals surface area contributed by atoms with Gasteiger partial charge in [0.05, 0.1) is 6.54 Å². The Labute approximate surface area is 188 Å². The second kappa shape index (κ2) is 9.20. The number of allylic oxidation sites excluding steroid dienone is 1. The second-order valence-electron chi connectivity index (χ2n) is 8.99. The van der Waals surface area contributed by atoms with Gasteiger partial charge in [-0.1, -0.05) is 12.1 Å². The van der Waals surface area contributed by atoms with Crippen LogP contribution in [0.15, 0.2) is 60.1 Å². The molecule has 1 aliphatic carbocycles. The van der Waals surface area contributed by atoms with E-state index in [9.17, 15) is 9.59 Å². The van der Waals surface area contributed by atoms with Gasteiger partial charge in [-0.2, -0.15) is 0 Å². The van der Waals surface area contributed by atoms with Gasteiger partial charge in [-0.05, 0) is 79.4 Å². The van der Waals surface area contributed by atoms with Gasteiger partial charge in [0, 0.05) is 36.9 Å². The smallest absolute Gasteiger partial charge is 0.326 e. The third kappa shape index (κ3) is 4.58. The Morgan fingerprint density at radius 3 is 2.59 bits per heavy atom. The predicted molar refractivity (Wildman–Crippen MR) is 123 cm³/mol. The minimum atomic E-state index is -0.249. The first-order valence-corrected chi connectivity index (χ1v) is 11.6. The van der Waals surface area contributed by atoms with E-state index in [1.807, 2.05) is 36.8 Å². The van der Waals surface area contributed by atoms with Gasteiger partial charge in [-0.3, -0.25) is 9.69 Å². The lowest BCUT2D eigenvalue weighted by Crippen LogP contribution is -2.42. The average molecular weight is 435 g/mol. The minimum Gasteiger partial charge on any atom is -0.368 e. The van der Waals surface area contributed by atoms with Crippen LogP contribution in [-0.4, -0.2) is 42.1 Å². The molecule has 168 valence electrons. The van der Waals surface area contributed by atoms with Crippen LogP contribution in [0, 0.1) is 0 Å². The van der Waals surface area contributed by atoms with Crippen LogP contribution in [0.2, 0.25) is 0 Å². The highest BCUT2D eigenvalue weighted by Crippen LogP contribution is 2.33. The number of amides is 3. The van der Waals surface area contributed by atoms with Crippen molar-refractivity contribution in [3.8, 4) is 0 Å². The van der Waals surface area contributed by atoms with E-state index in [0.29, 0.717) is 19.1 Å². The van der Waals surface area contributed by atoms with E-state index in [2.05, 4.69) is 28.1 Å². The first-order valence-electron chi connectivity index (χ1n) is 11.6. The number of benzene rings is 1. The highest BCUT2D eigenvalue weighted by atomic mass is 16.5. The molecule has 1 saturated heterocycles. The van der Waals surface area contributed by atoms with Crippen LogP contribution in [0.25, 0.3) is 0 Å². The Bertz CT molecular complexity index is 952. The molecule has 32 heavy (non-hydrogen) atoms. The van der Waals surface area contributed by atoms with Crippen molar-refractivity contribution in [2.75, 3.05) is 18.5 Å². The number of dihydropyridines is 1. The molecule has 1 saturated carbocycles. The van der Waals surface area contributed by atoms with Crippen LogP contribution < -0.4 is 16.0 Å². The molecule has 1 atom stereocenters. The summed E-state index contributed by atoms with van der Waals surface area (Å²) in [6.45, 7) is 1.27. The Kier molecular flexibility index (Phi) is 5.99. The summed E-state index contributed by atoms with van der Waals surface area (Å²) >= 11 is 0. The van der Waals surface area contributed by atoms with Crippen molar-refractivity contribution in [3.05, 3.63) is 65.7 Å². The molecule has 3 amide bonds. The van der Waals surface area contributed by atoms with Crippen molar-refractivity contribution in [2.45, 2.75) is 56.6 Å². The van der Waals surface area contributed by atoms with Crippen molar-refractivity contribution in [1.29, 1.82) is 0 Å². The maximum atomic E-state index is 12.6. The number of hydrogen-bond donors (Lipinski definition) is 3. The zero-order chi connectivity index (χ0) is 21.9. The van der Waals surface area contributed by atoms with E-state index in [1.54, 1.807) is 4.90 Å². The fourth-order valence-corrected chi connectivity index (χ4v) is 4.95. The number of urea groups is 1. The van der Waals surface area contributed by atoms with Crippen molar-refractivity contribution >= 4 is 17.6 Å². The fourth-order valence-electron chi connectivity index (χ4n) is 4.95. The molecule has 0 aromatic heterocycles. The van der Waals surface area contributed by atoms with Crippen LogP contribution in [-0.2, 0) is 9.53 Å². The largest absolute Gasteiger partial charge is 0.368 e. The van der Waals surface area contributed by atoms with Gasteiger partial charge < -0.3 is 20.7 Å². The Morgan fingerprint density at radius 2 is 1.88 bits per heavy atom. The van der Waals surface area contributed by atoms with E-state index in [4.69, 9.17) is 4.74 Å². The molecular weight excluding hydrogens is 404 g/mol. The summed E-state index contributed by atoms with van der Waals surface area (Å²) in [7, 11) is 0. The van der Waals surface area contributed by atoms with E-state index in [1.165, 1.54) is 5.56 Å².